The zero-order valence-corrected chi connectivity index (χ0v) is 5.21. The molecular weight excluding hydrogens is 116 g/mol. The van der Waals surface area contributed by atoms with Gasteiger partial charge in [0.15, 0.2) is 0 Å². The number of hydrogen-bond donors (Lipinski definition) is 1. The van der Waals surface area contributed by atoms with E-state index in [1.54, 1.807) is 0 Å². The van der Waals surface area contributed by atoms with Crippen molar-refractivity contribution in [1.82, 2.24) is 10.2 Å². The molecule has 0 aromatic heterocycles. The lowest BCUT2D eigenvalue weighted by Gasteiger charge is -2.29. The second-order valence-electron chi connectivity index (χ2n) is 2.31. The number of fused-ring (bicyclic) bond motifs is 1. The first-order chi connectivity index (χ1) is 4.47. The maximum Gasteiger partial charge on any atom is 0.122 e. The molecule has 1 saturated heterocycles. The summed E-state index contributed by atoms with van der Waals surface area (Å²) in [5.74, 6) is 0. The van der Waals surface area contributed by atoms with E-state index in [0.29, 0.717) is 6.17 Å². The maximum absolute atomic E-state index is 5.24. The third kappa shape index (κ3) is 0.772. The summed E-state index contributed by atoms with van der Waals surface area (Å²) in [5, 5.41) is 3.18. The number of hydrogen-bond acceptors (Lipinski definition) is 3. The third-order valence-corrected chi connectivity index (χ3v) is 1.72. The van der Waals surface area contributed by atoms with E-state index in [1.807, 2.05) is 6.20 Å². The molecule has 1 N–H and O–H groups in total. The molecular formula is C6H10N2O. The van der Waals surface area contributed by atoms with Gasteiger partial charge in [-0.15, -0.1) is 0 Å². The van der Waals surface area contributed by atoms with E-state index in [-0.39, 0.29) is 0 Å². The second kappa shape index (κ2) is 1.92. The first-order valence-electron chi connectivity index (χ1n) is 3.23. The van der Waals surface area contributed by atoms with Crippen molar-refractivity contribution < 1.29 is 4.74 Å². The Kier molecular flexibility index (Phi) is 1.09. The van der Waals surface area contributed by atoms with E-state index in [9.17, 15) is 0 Å². The van der Waals surface area contributed by atoms with Crippen LogP contribution in [0.2, 0.25) is 0 Å². The molecule has 0 aromatic rings. The fourth-order valence-electron chi connectivity index (χ4n) is 1.19. The number of nitrogens with one attached hydrogen (secondary N) is 1. The molecule has 1 fully saturated rings. The molecule has 2 rings (SSSR count). The summed E-state index contributed by atoms with van der Waals surface area (Å²) in [6, 6.07) is 0. The van der Waals surface area contributed by atoms with Crippen molar-refractivity contribution in [1.29, 1.82) is 0 Å². The molecule has 9 heavy (non-hydrogen) atoms. The molecule has 0 aromatic carbocycles. The molecule has 50 valence electrons. The Labute approximate surface area is 54.3 Å². The highest BCUT2D eigenvalue weighted by Gasteiger charge is 2.21. The molecule has 0 amide bonds. The average molecular weight is 126 g/mol. The largest absolute Gasteiger partial charge is 0.376 e. The minimum absolute atomic E-state index is 0.416. The van der Waals surface area contributed by atoms with Crippen LogP contribution in [0.15, 0.2) is 12.4 Å². The fraction of sp³-hybridized carbons (Fsp3) is 0.667. The number of rotatable bonds is 0. The van der Waals surface area contributed by atoms with Gasteiger partial charge in [-0.05, 0) is 0 Å². The summed E-state index contributed by atoms with van der Waals surface area (Å²) >= 11 is 0. The van der Waals surface area contributed by atoms with Crippen LogP contribution < -0.4 is 5.32 Å². The van der Waals surface area contributed by atoms with Crippen molar-refractivity contribution in [3.05, 3.63) is 12.4 Å². The van der Waals surface area contributed by atoms with Gasteiger partial charge in [0.25, 0.3) is 0 Å². The Hall–Kier alpha value is -0.700. The van der Waals surface area contributed by atoms with Crippen LogP contribution >= 0.6 is 0 Å². The Bertz CT molecular complexity index is 135. The van der Waals surface area contributed by atoms with Gasteiger partial charge in [-0.25, -0.2) is 0 Å². The average Bonchev–Trinajstić information content (AvgIpc) is 2.33. The lowest BCUT2D eigenvalue weighted by atomic mass is 10.4. The fourth-order valence-corrected chi connectivity index (χ4v) is 1.19. The van der Waals surface area contributed by atoms with Crippen LogP contribution in [0.1, 0.15) is 0 Å². The van der Waals surface area contributed by atoms with Crippen LogP contribution in [0, 0.1) is 0 Å². The van der Waals surface area contributed by atoms with Gasteiger partial charge in [-0.1, -0.05) is 0 Å². The van der Waals surface area contributed by atoms with E-state index in [4.69, 9.17) is 4.74 Å². The summed E-state index contributed by atoms with van der Waals surface area (Å²) in [7, 11) is 0. The van der Waals surface area contributed by atoms with Gasteiger partial charge >= 0.3 is 0 Å². The van der Waals surface area contributed by atoms with Crippen LogP contribution in [0.5, 0.6) is 0 Å². The molecule has 0 spiro atoms. The summed E-state index contributed by atoms with van der Waals surface area (Å²) < 4.78 is 5.24. The van der Waals surface area contributed by atoms with Crippen LogP contribution in [0.4, 0.5) is 0 Å². The van der Waals surface area contributed by atoms with Crippen molar-refractivity contribution >= 4 is 0 Å². The van der Waals surface area contributed by atoms with Gasteiger partial charge in [0, 0.05) is 18.9 Å². The number of morpholine rings is 1. The zero-order chi connectivity index (χ0) is 6.10. The van der Waals surface area contributed by atoms with Gasteiger partial charge in [-0.3, -0.25) is 0 Å². The predicted octanol–water partition coefficient (Wildman–Crippen LogP) is -0.281. The third-order valence-electron chi connectivity index (χ3n) is 1.72. The molecule has 1 atom stereocenters. The maximum atomic E-state index is 5.24. The number of ether oxygens (including phenoxy) is 1. The van der Waals surface area contributed by atoms with Crippen LogP contribution in [0.25, 0.3) is 0 Å². The zero-order valence-electron chi connectivity index (χ0n) is 5.21. The number of nitrogens with zero attached hydrogens (tertiary/aromatic N) is 1. The Morgan fingerprint density at radius 2 is 2.67 bits per heavy atom. The van der Waals surface area contributed by atoms with Crippen LogP contribution in [-0.4, -0.2) is 30.8 Å². The molecule has 3 heteroatoms. The highest BCUT2D eigenvalue weighted by Crippen LogP contribution is 2.08. The first-order valence-corrected chi connectivity index (χ1v) is 3.23. The highest BCUT2D eigenvalue weighted by atomic mass is 16.5. The summed E-state index contributed by atoms with van der Waals surface area (Å²) in [6.45, 7) is 2.70. The normalized spacial score (nSPS) is 32.0. The first kappa shape index (κ1) is 5.11. The molecule has 2 heterocycles. The molecule has 3 nitrogen and oxygen atoms in total. The van der Waals surface area contributed by atoms with Crippen molar-refractivity contribution in [3.63, 3.8) is 0 Å². The monoisotopic (exact) mass is 126 g/mol. The Morgan fingerprint density at radius 1 is 1.67 bits per heavy atom. The van der Waals surface area contributed by atoms with E-state index in [1.165, 1.54) is 0 Å². The quantitative estimate of drug-likeness (QED) is 0.483. The molecule has 2 aliphatic rings. The van der Waals surface area contributed by atoms with Gasteiger partial charge < -0.3 is 15.0 Å². The van der Waals surface area contributed by atoms with Crippen molar-refractivity contribution in [2.45, 2.75) is 6.17 Å². The predicted molar refractivity (Wildman–Crippen MR) is 33.6 cm³/mol. The molecule has 0 radical (unpaired) electrons. The van der Waals surface area contributed by atoms with Crippen LogP contribution in [-0.2, 0) is 4.74 Å². The topological polar surface area (TPSA) is 24.5 Å². The summed E-state index contributed by atoms with van der Waals surface area (Å²) in [4.78, 5) is 2.25. The molecule has 2 aliphatic heterocycles. The summed E-state index contributed by atoms with van der Waals surface area (Å²) in [6.07, 6.45) is 4.46. The van der Waals surface area contributed by atoms with Gasteiger partial charge in [0.05, 0.1) is 13.2 Å². The second-order valence-corrected chi connectivity index (χ2v) is 2.31. The SMILES string of the molecule is C1=CN2CCOCC2N1. The minimum Gasteiger partial charge on any atom is -0.376 e. The van der Waals surface area contributed by atoms with E-state index in [2.05, 4.69) is 16.4 Å². The lowest BCUT2D eigenvalue weighted by molar-refractivity contribution is 0.0168. The standard InChI is InChI=1S/C6H10N2O/c1-2-8-3-4-9-5-6(8)7-1/h1-2,6-7H,3-5H2. The minimum atomic E-state index is 0.416. The van der Waals surface area contributed by atoms with Gasteiger partial charge in [0.2, 0.25) is 0 Å². The smallest absolute Gasteiger partial charge is 0.122 e. The molecule has 0 aliphatic carbocycles. The van der Waals surface area contributed by atoms with Crippen LogP contribution in [0.3, 0.4) is 0 Å². The van der Waals surface area contributed by atoms with Gasteiger partial charge in [0.1, 0.15) is 6.17 Å². The van der Waals surface area contributed by atoms with E-state index >= 15 is 0 Å². The van der Waals surface area contributed by atoms with E-state index in [0.717, 1.165) is 19.8 Å². The Morgan fingerprint density at radius 3 is 3.56 bits per heavy atom. The van der Waals surface area contributed by atoms with Crippen molar-refractivity contribution in [2.24, 2.45) is 0 Å². The van der Waals surface area contributed by atoms with Crippen molar-refractivity contribution in [2.75, 3.05) is 19.8 Å². The Balaban J connectivity index is 2.03. The van der Waals surface area contributed by atoms with Gasteiger partial charge in [-0.2, -0.15) is 0 Å². The molecule has 1 unspecified atom stereocenters. The van der Waals surface area contributed by atoms with E-state index < -0.39 is 0 Å². The highest BCUT2D eigenvalue weighted by molar-refractivity contribution is 4.95. The molecule has 0 saturated carbocycles. The van der Waals surface area contributed by atoms with Crippen molar-refractivity contribution in [3.8, 4) is 0 Å². The summed E-state index contributed by atoms with van der Waals surface area (Å²) in [5.41, 5.74) is 0. The lowest BCUT2D eigenvalue weighted by Crippen LogP contribution is -2.45. The molecule has 0 bridgehead atoms.